The fourth-order valence-electron chi connectivity index (χ4n) is 3.93. The maximum atomic E-state index is 12.5. The third kappa shape index (κ3) is 6.16. The molecule has 0 fully saturated rings. The van der Waals surface area contributed by atoms with Crippen LogP contribution in [0.3, 0.4) is 0 Å². The zero-order chi connectivity index (χ0) is 18.7. The van der Waals surface area contributed by atoms with Crippen molar-refractivity contribution < 1.29 is 24.8 Å². The van der Waals surface area contributed by atoms with Crippen LogP contribution in [0.5, 0.6) is 0 Å². The molecule has 25 heavy (non-hydrogen) atoms. The molecule has 142 valence electrons. The minimum absolute atomic E-state index is 0.00632. The van der Waals surface area contributed by atoms with Gasteiger partial charge in [0.1, 0.15) is 0 Å². The van der Waals surface area contributed by atoms with Gasteiger partial charge in [-0.1, -0.05) is 0 Å². The Morgan fingerprint density at radius 1 is 1.08 bits per heavy atom. The van der Waals surface area contributed by atoms with Gasteiger partial charge in [0, 0.05) is 0 Å². The molecule has 2 nitrogen and oxygen atoms in total. The van der Waals surface area contributed by atoms with Crippen LogP contribution in [-0.4, -0.2) is 13.1 Å². The summed E-state index contributed by atoms with van der Waals surface area (Å²) in [6, 6.07) is 10.8. The minimum atomic E-state index is -0.291. The van der Waals surface area contributed by atoms with E-state index in [4.69, 9.17) is 4.74 Å². The Morgan fingerprint density at radius 2 is 1.72 bits per heavy atom. The van der Waals surface area contributed by atoms with Crippen molar-refractivity contribution >= 4 is 5.97 Å². The molecule has 0 amide bonds. The summed E-state index contributed by atoms with van der Waals surface area (Å²) in [6.45, 7) is 8.81. The zero-order valence-electron chi connectivity index (χ0n) is 16.7. The normalized spacial score (nSPS) is 14.1. The van der Waals surface area contributed by atoms with Crippen molar-refractivity contribution in [3.63, 3.8) is 0 Å². The standard InChI is InChI=1S/C12H23O2.C10H13.Cr/c1-6-10(7-2)12(8-3,9-4)11(13)14-5;1-2-3-7-10-8-5-4-6-9-10;/h10H,1,6-9H2,2-5H3;3-6,8-9H,2,7H2,1H3;. The summed E-state index contributed by atoms with van der Waals surface area (Å²) < 4.78 is 5.97. The van der Waals surface area contributed by atoms with Crippen molar-refractivity contribution in [2.45, 2.75) is 76.3 Å². The zero-order valence-corrected chi connectivity index (χ0v) is 18.0. The number of methoxy groups -OCH3 is 1. The molecule has 0 aliphatic heterocycles. The Labute approximate surface area is 161 Å². The monoisotopic (exact) mass is 384 g/mol. The van der Waals surface area contributed by atoms with E-state index < -0.39 is 0 Å². The number of rotatable bonds is 12. The first-order chi connectivity index (χ1) is 12.1. The summed E-state index contributed by atoms with van der Waals surface area (Å²) in [5.74, 6) is 0.430. The fraction of sp³-hybridized carbons (Fsp3) is 0.682. The van der Waals surface area contributed by atoms with E-state index in [-0.39, 0.29) is 11.4 Å². The molecule has 0 heterocycles. The first kappa shape index (κ1) is 22.3. The van der Waals surface area contributed by atoms with Crippen LogP contribution in [0, 0.1) is 11.3 Å². The molecule has 0 saturated heterocycles. The van der Waals surface area contributed by atoms with Gasteiger partial charge < -0.3 is 0 Å². The van der Waals surface area contributed by atoms with E-state index in [1.54, 1.807) is 0 Å². The van der Waals surface area contributed by atoms with E-state index in [0.29, 0.717) is 21.1 Å². The van der Waals surface area contributed by atoms with E-state index in [1.165, 1.54) is 30.8 Å². The molecule has 0 aliphatic carbocycles. The molecule has 3 heteroatoms. The summed E-state index contributed by atoms with van der Waals surface area (Å²) in [7, 11) is 1.53. The Balaban J connectivity index is 2.64. The Kier molecular flexibility index (Phi) is 10.5. The molecule has 1 aromatic rings. The number of carbonyl (C=O) groups is 1. The number of carbonyl (C=O) groups excluding carboxylic acids is 1. The number of benzene rings is 1. The van der Waals surface area contributed by atoms with Crippen LogP contribution in [0.15, 0.2) is 30.3 Å². The molecular formula is C22H36CrO2. The second-order valence-corrected chi connectivity index (χ2v) is 9.04. The van der Waals surface area contributed by atoms with Crippen molar-refractivity contribution in [3.8, 4) is 0 Å². The van der Waals surface area contributed by atoms with E-state index >= 15 is 0 Å². The summed E-state index contributed by atoms with van der Waals surface area (Å²) in [5.41, 5.74) is 1.16. The van der Waals surface area contributed by atoms with E-state index in [2.05, 4.69) is 58.0 Å². The van der Waals surface area contributed by atoms with Crippen LogP contribution in [0.1, 0.15) is 65.4 Å². The molecule has 1 aromatic carbocycles. The fourth-order valence-corrected chi connectivity index (χ4v) is 5.96. The van der Waals surface area contributed by atoms with Crippen molar-refractivity contribution in [3.05, 3.63) is 35.9 Å². The third-order valence-corrected chi connectivity index (χ3v) is 7.96. The quantitative estimate of drug-likeness (QED) is 0.394. The third-order valence-electron chi connectivity index (χ3n) is 5.71. The average Bonchev–Trinajstić information content (AvgIpc) is 2.67. The van der Waals surface area contributed by atoms with Gasteiger partial charge in [-0.05, 0) is 0 Å². The van der Waals surface area contributed by atoms with Crippen LogP contribution >= 0.6 is 0 Å². The molecule has 0 radical (unpaired) electrons. The molecule has 0 spiro atoms. The number of ether oxygens (including phenoxy) is 1. The van der Waals surface area contributed by atoms with Gasteiger partial charge in [0.05, 0.1) is 0 Å². The summed E-state index contributed by atoms with van der Waals surface area (Å²) >= 11 is 0.626. The van der Waals surface area contributed by atoms with E-state index in [9.17, 15) is 4.79 Å². The SMILES string of the molecule is CC[CH](Cc1ccccc1)[Cr][CH2]CC(CC)C(CC)(CC)C(=O)OC. The maximum absolute atomic E-state index is 12.5. The average molecular weight is 385 g/mol. The Bertz CT molecular complexity index is 482. The van der Waals surface area contributed by atoms with Gasteiger partial charge in [0.15, 0.2) is 0 Å². The van der Waals surface area contributed by atoms with Crippen molar-refractivity contribution in [2.24, 2.45) is 11.3 Å². The van der Waals surface area contributed by atoms with Gasteiger partial charge >= 0.3 is 161 Å². The van der Waals surface area contributed by atoms with Gasteiger partial charge in [-0.2, -0.15) is 0 Å². The number of esters is 1. The molecule has 1 rings (SSSR count). The number of hydrogen-bond acceptors (Lipinski definition) is 2. The van der Waals surface area contributed by atoms with Gasteiger partial charge in [0.25, 0.3) is 0 Å². The molecule has 0 saturated carbocycles. The second kappa shape index (κ2) is 11.8. The Morgan fingerprint density at radius 3 is 2.20 bits per heavy atom. The molecule has 0 aliphatic rings. The molecule has 0 N–H and O–H groups in total. The summed E-state index contributed by atoms with van der Waals surface area (Å²) in [6.07, 6.45) is 6.40. The van der Waals surface area contributed by atoms with Gasteiger partial charge in [-0.25, -0.2) is 0 Å². The van der Waals surface area contributed by atoms with Crippen molar-refractivity contribution in [1.82, 2.24) is 0 Å². The Hall–Kier alpha value is -0.778. The predicted molar refractivity (Wildman–Crippen MR) is 102 cm³/mol. The van der Waals surface area contributed by atoms with Gasteiger partial charge in [0.2, 0.25) is 0 Å². The van der Waals surface area contributed by atoms with Crippen LogP contribution in [0.2, 0.25) is 10.1 Å². The summed E-state index contributed by atoms with van der Waals surface area (Å²) in [5, 5.41) is 1.26. The van der Waals surface area contributed by atoms with Crippen LogP contribution in [0.25, 0.3) is 0 Å². The van der Waals surface area contributed by atoms with E-state index in [0.717, 1.165) is 30.5 Å². The molecular weight excluding hydrogens is 348 g/mol. The van der Waals surface area contributed by atoms with Crippen LogP contribution in [-0.2, 0) is 31.2 Å². The topological polar surface area (TPSA) is 26.3 Å². The molecule has 0 bridgehead atoms. The van der Waals surface area contributed by atoms with E-state index in [1.807, 2.05) is 0 Å². The van der Waals surface area contributed by atoms with Crippen LogP contribution < -0.4 is 0 Å². The second-order valence-electron chi connectivity index (χ2n) is 6.84. The van der Waals surface area contributed by atoms with Crippen molar-refractivity contribution in [2.75, 3.05) is 7.11 Å². The first-order valence-corrected chi connectivity index (χ1v) is 11.4. The van der Waals surface area contributed by atoms with Gasteiger partial charge in [-0.15, -0.1) is 0 Å². The molecule has 0 aromatic heterocycles. The predicted octanol–water partition coefficient (Wildman–Crippen LogP) is 6.32. The first-order valence-electron chi connectivity index (χ1n) is 9.81. The van der Waals surface area contributed by atoms with Crippen LogP contribution in [0.4, 0.5) is 0 Å². The van der Waals surface area contributed by atoms with Crippen molar-refractivity contribution in [1.29, 1.82) is 0 Å². The molecule has 2 unspecified atom stereocenters. The van der Waals surface area contributed by atoms with Gasteiger partial charge in [-0.3, -0.25) is 0 Å². The summed E-state index contributed by atoms with van der Waals surface area (Å²) in [4.78, 5) is 12.5. The number of hydrogen-bond donors (Lipinski definition) is 0. The molecule has 2 atom stereocenters.